The number of halogens is 1. The minimum Gasteiger partial charge on any atom is -0.476 e. The predicted octanol–water partition coefficient (Wildman–Crippen LogP) is 1.37. The van der Waals surface area contributed by atoms with Crippen molar-refractivity contribution in [1.82, 2.24) is 0 Å². The van der Waals surface area contributed by atoms with E-state index in [0.29, 0.717) is 10.7 Å². The van der Waals surface area contributed by atoms with Gasteiger partial charge in [0.2, 0.25) is 0 Å². The number of nitrogens with one attached hydrogen (secondary N) is 1. The van der Waals surface area contributed by atoms with Crippen molar-refractivity contribution in [2.75, 3.05) is 12.5 Å². The van der Waals surface area contributed by atoms with Crippen molar-refractivity contribution in [3.05, 3.63) is 29.3 Å². The van der Waals surface area contributed by atoms with Crippen LogP contribution in [0, 0.1) is 0 Å². The number of benzene rings is 1. The van der Waals surface area contributed by atoms with Crippen molar-refractivity contribution in [3.8, 4) is 0 Å². The molecule has 0 saturated carbocycles. The summed E-state index contributed by atoms with van der Waals surface area (Å²) < 4.78 is 4.27. The van der Waals surface area contributed by atoms with Crippen molar-refractivity contribution in [3.63, 3.8) is 0 Å². The molecule has 0 radical (unpaired) electrons. The summed E-state index contributed by atoms with van der Waals surface area (Å²) in [5.74, 6) is -2.53. The van der Waals surface area contributed by atoms with Crippen LogP contribution in [0.5, 0.6) is 0 Å². The Morgan fingerprint density at radius 2 is 2.06 bits per heavy atom. The molecule has 0 bridgehead atoms. The number of carboxylic acids is 1. The second kappa shape index (κ2) is 5.86. The van der Waals surface area contributed by atoms with E-state index in [9.17, 15) is 9.59 Å². The maximum absolute atomic E-state index is 11.1. The molecule has 0 aliphatic heterocycles. The fourth-order valence-corrected chi connectivity index (χ4v) is 1.12. The third-order valence-corrected chi connectivity index (χ3v) is 2.07. The van der Waals surface area contributed by atoms with Gasteiger partial charge in [-0.2, -0.15) is 5.10 Å². The number of carboxylic acid groups (broad SMARTS) is 1. The highest BCUT2D eigenvalue weighted by molar-refractivity contribution is 6.62. The average Bonchev–Trinajstić information content (AvgIpc) is 2.30. The molecule has 0 aliphatic rings. The Labute approximate surface area is 102 Å². The van der Waals surface area contributed by atoms with Gasteiger partial charge >= 0.3 is 11.9 Å². The Kier molecular flexibility index (Phi) is 4.47. The molecule has 0 saturated heterocycles. The lowest BCUT2D eigenvalue weighted by Gasteiger charge is -2.03. The summed E-state index contributed by atoms with van der Waals surface area (Å²) in [6.45, 7) is 0. The first-order valence-electron chi connectivity index (χ1n) is 4.46. The van der Waals surface area contributed by atoms with Gasteiger partial charge in [-0.15, -0.1) is 0 Å². The number of carbonyl (C=O) groups excluding carboxylic acids is 1. The first kappa shape index (κ1) is 13.0. The number of aliphatic carboxylic acids is 1. The lowest BCUT2D eigenvalue weighted by Crippen LogP contribution is -2.26. The minimum absolute atomic E-state index is 0.353. The van der Waals surface area contributed by atoms with Crippen LogP contribution in [0.25, 0.3) is 0 Å². The van der Waals surface area contributed by atoms with E-state index >= 15 is 0 Å². The maximum Gasteiger partial charge on any atom is 0.366 e. The zero-order valence-corrected chi connectivity index (χ0v) is 9.56. The maximum atomic E-state index is 11.1. The van der Waals surface area contributed by atoms with Gasteiger partial charge in [-0.05, 0) is 12.1 Å². The molecule has 6 nitrogen and oxygen atoms in total. The Bertz CT molecular complexity index is 473. The van der Waals surface area contributed by atoms with Gasteiger partial charge in [0, 0.05) is 0 Å². The Morgan fingerprint density at radius 1 is 1.41 bits per heavy atom. The predicted molar refractivity (Wildman–Crippen MR) is 62.2 cm³/mol. The molecule has 17 heavy (non-hydrogen) atoms. The Morgan fingerprint density at radius 3 is 2.59 bits per heavy atom. The molecule has 0 heterocycles. The topological polar surface area (TPSA) is 88.0 Å². The van der Waals surface area contributed by atoms with E-state index in [0.717, 1.165) is 7.11 Å². The molecular weight excluding hydrogens is 248 g/mol. The number of hydrogen-bond donors (Lipinski definition) is 2. The van der Waals surface area contributed by atoms with E-state index in [2.05, 4.69) is 15.3 Å². The van der Waals surface area contributed by atoms with Crippen molar-refractivity contribution in [2.45, 2.75) is 0 Å². The highest BCUT2D eigenvalue weighted by Crippen LogP contribution is 2.20. The number of hydrazone groups is 1. The van der Waals surface area contributed by atoms with Gasteiger partial charge in [0.1, 0.15) is 0 Å². The zero-order valence-electron chi connectivity index (χ0n) is 8.81. The van der Waals surface area contributed by atoms with Crippen LogP contribution in [0.15, 0.2) is 29.4 Å². The molecule has 0 fully saturated rings. The van der Waals surface area contributed by atoms with Crippen molar-refractivity contribution < 1.29 is 19.4 Å². The van der Waals surface area contributed by atoms with Gasteiger partial charge in [0.05, 0.1) is 17.8 Å². The average molecular weight is 257 g/mol. The Balaban J connectivity index is 2.91. The van der Waals surface area contributed by atoms with Crippen molar-refractivity contribution in [1.29, 1.82) is 0 Å². The number of anilines is 1. The standard InChI is InChI=1S/C10H9ClN2O4/c1-17-10(16)8(9(14)15)13-12-7-5-3-2-4-6(7)11/h2-5,12H,1H3,(H,14,15)/b13-8+. The molecule has 0 aliphatic carbocycles. The van der Waals surface area contributed by atoms with Gasteiger partial charge in [-0.1, -0.05) is 23.7 Å². The third-order valence-electron chi connectivity index (χ3n) is 1.74. The van der Waals surface area contributed by atoms with Crippen LogP contribution in [0.3, 0.4) is 0 Å². The second-order valence-corrected chi connectivity index (χ2v) is 3.26. The molecule has 1 rings (SSSR count). The number of rotatable bonds is 4. The summed E-state index contributed by atoms with van der Waals surface area (Å²) in [6, 6.07) is 6.57. The van der Waals surface area contributed by atoms with Gasteiger partial charge in [-0.25, -0.2) is 9.59 Å². The van der Waals surface area contributed by atoms with Crippen LogP contribution in [0.2, 0.25) is 5.02 Å². The first-order valence-corrected chi connectivity index (χ1v) is 4.84. The molecule has 7 heteroatoms. The number of methoxy groups -OCH3 is 1. The lowest BCUT2D eigenvalue weighted by atomic mass is 10.3. The summed E-state index contributed by atoms with van der Waals surface area (Å²) in [5.41, 5.74) is 2.01. The second-order valence-electron chi connectivity index (χ2n) is 2.85. The quantitative estimate of drug-likeness (QED) is 0.368. The van der Waals surface area contributed by atoms with Crippen LogP contribution in [-0.2, 0) is 14.3 Å². The third kappa shape index (κ3) is 3.46. The molecular formula is C10H9ClN2O4. The molecule has 0 atom stereocenters. The molecule has 0 unspecified atom stereocenters. The number of ether oxygens (including phenoxy) is 1. The zero-order chi connectivity index (χ0) is 12.8. The highest BCUT2D eigenvalue weighted by atomic mass is 35.5. The summed E-state index contributed by atoms with van der Waals surface area (Å²) in [7, 11) is 1.07. The van der Waals surface area contributed by atoms with E-state index < -0.39 is 17.7 Å². The molecule has 1 aromatic rings. The summed E-state index contributed by atoms with van der Waals surface area (Å²) in [6.07, 6.45) is 0. The monoisotopic (exact) mass is 256 g/mol. The minimum atomic E-state index is -1.49. The molecule has 90 valence electrons. The molecule has 0 aromatic heterocycles. The van der Waals surface area contributed by atoms with Gasteiger partial charge in [0.25, 0.3) is 5.71 Å². The van der Waals surface area contributed by atoms with E-state index in [4.69, 9.17) is 16.7 Å². The smallest absolute Gasteiger partial charge is 0.366 e. The first-order chi connectivity index (χ1) is 8.06. The van der Waals surface area contributed by atoms with Crippen LogP contribution in [0.1, 0.15) is 0 Å². The van der Waals surface area contributed by atoms with Gasteiger partial charge in [-0.3, -0.25) is 5.43 Å². The molecule has 2 N–H and O–H groups in total. The normalized spacial score (nSPS) is 10.8. The Hall–Kier alpha value is -2.08. The van der Waals surface area contributed by atoms with Crippen LogP contribution < -0.4 is 5.43 Å². The van der Waals surface area contributed by atoms with Crippen molar-refractivity contribution in [2.24, 2.45) is 5.10 Å². The lowest BCUT2D eigenvalue weighted by molar-refractivity contribution is -0.136. The fraction of sp³-hybridized carbons (Fsp3) is 0.100. The van der Waals surface area contributed by atoms with Crippen molar-refractivity contribution >= 4 is 34.9 Å². The number of nitrogens with zero attached hydrogens (tertiary/aromatic N) is 1. The van der Waals surface area contributed by atoms with Gasteiger partial charge < -0.3 is 9.84 Å². The van der Waals surface area contributed by atoms with E-state index in [1.54, 1.807) is 24.3 Å². The number of para-hydroxylation sites is 1. The molecule has 1 aromatic carbocycles. The number of hydrogen-bond acceptors (Lipinski definition) is 5. The number of esters is 1. The number of carbonyl (C=O) groups is 2. The molecule has 0 spiro atoms. The van der Waals surface area contributed by atoms with E-state index in [1.807, 2.05) is 0 Å². The largest absolute Gasteiger partial charge is 0.476 e. The van der Waals surface area contributed by atoms with Gasteiger partial charge in [0.15, 0.2) is 0 Å². The van der Waals surface area contributed by atoms with E-state index in [-0.39, 0.29) is 0 Å². The summed E-state index contributed by atoms with van der Waals surface area (Å²) >= 11 is 5.81. The fourth-order valence-electron chi connectivity index (χ4n) is 0.945. The molecule has 0 amide bonds. The summed E-state index contributed by atoms with van der Waals surface area (Å²) in [4.78, 5) is 21.8. The van der Waals surface area contributed by atoms with Crippen LogP contribution >= 0.6 is 11.6 Å². The van der Waals surface area contributed by atoms with Crippen LogP contribution in [-0.4, -0.2) is 29.9 Å². The highest BCUT2D eigenvalue weighted by Gasteiger charge is 2.20. The summed E-state index contributed by atoms with van der Waals surface area (Å²) in [5, 5.41) is 12.5. The van der Waals surface area contributed by atoms with E-state index in [1.165, 1.54) is 0 Å². The SMILES string of the molecule is COC(=O)/C(=N/Nc1ccccc1Cl)C(=O)O. The van der Waals surface area contributed by atoms with Crippen LogP contribution in [0.4, 0.5) is 5.69 Å².